The van der Waals surface area contributed by atoms with Gasteiger partial charge in [-0.3, -0.25) is 0 Å². The van der Waals surface area contributed by atoms with Crippen molar-refractivity contribution in [2.75, 3.05) is 0 Å². The number of hydrogen-bond acceptors (Lipinski definition) is 2. The highest BCUT2D eigenvalue weighted by atomic mass is 32.2. The van der Waals surface area contributed by atoms with Gasteiger partial charge in [0.25, 0.3) is 0 Å². The van der Waals surface area contributed by atoms with Gasteiger partial charge in [-0.1, -0.05) is 13.5 Å². The fourth-order valence-electron chi connectivity index (χ4n) is 1.66. The fourth-order valence-corrected chi connectivity index (χ4v) is 2.45. The fraction of sp³-hybridized carbons (Fsp3) is 0.778. The average molecular weight is 203 g/mol. The molecular formula is C9H17NO2S. The van der Waals surface area contributed by atoms with Crippen LogP contribution in [-0.4, -0.2) is 14.5 Å². The summed E-state index contributed by atoms with van der Waals surface area (Å²) in [6.45, 7) is 5.47. The van der Waals surface area contributed by atoms with E-state index in [2.05, 4.69) is 18.2 Å². The van der Waals surface area contributed by atoms with Crippen molar-refractivity contribution in [1.82, 2.24) is 4.72 Å². The first-order chi connectivity index (χ1) is 6.03. The molecule has 0 heterocycles. The summed E-state index contributed by atoms with van der Waals surface area (Å²) in [5, 5.41) is 0.977. The number of nitrogens with one attached hydrogen (secondary N) is 1. The lowest BCUT2D eigenvalue weighted by Gasteiger charge is -2.26. The van der Waals surface area contributed by atoms with E-state index in [0.717, 1.165) is 37.0 Å². The summed E-state index contributed by atoms with van der Waals surface area (Å²) in [6.07, 6.45) is 4.14. The maximum absolute atomic E-state index is 11.1. The third-order valence-electron chi connectivity index (χ3n) is 2.57. The number of rotatable bonds is 3. The van der Waals surface area contributed by atoms with Crippen LogP contribution in [0, 0.1) is 5.92 Å². The minimum absolute atomic E-state index is 0.124. The Hall–Kier alpha value is -0.350. The van der Waals surface area contributed by atoms with Crippen molar-refractivity contribution in [3.05, 3.63) is 12.0 Å². The van der Waals surface area contributed by atoms with Crippen molar-refractivity contribution in [3.8, 4) is 0 Å². The molecule has 0 spiro atoms. The van der Waals surface area contributed by atoms with Gasteiger partial charge in [0.2, 0.25) is 10.0 Å². The summed E-state index contributed by atoms with van der Waals surface area (Å²) in [4.78, 5) is 0. The van der Waals surface area contributed by atoms with Crippen LogP contribution in [0.15, 0.2) is 12.0 Å². The van der Waals surface area contributed by atoms with Gasteiger partial charge in [0, 0.05) is 11.4 Å². The Morgan fingerprint density at radius 1 is 1.31 bits per heavy atom. The Labute approximate surface area is 80.3 Å². The van der Waals surface area contributed by atoms with Crippen LogP contribution in [0.1, 0.15) is 32.6 Å². The maximum atomic E-state index is 11.1. The molecule has 3 nitrogen and oxygen atoms in total. The summed E-state index contributed by atoms with van der Waals surface area (Å²) in [5.74, 6) is 0.740. The van der Waals surface area contributed by atoms with Crippen molar-refractivity contribution in [1.29, 1.82) is 0 Å². The third kappa shape index (κ3) is 3.48. The Morgan fingerprint density at radius 3 is 2.31 bits per heavy atom. The van der Waals surface area contributed by atoms with E-state index in [4.69, 9.17) is 0 Å². The molecule has 1 fully saturated rings. The monoisotopic (exact) mass is 203 g/mol. The van der Waals surface area contributed by atoms with Crippen molar-refractivity contribution in [3.63, 3.8) is 0 Å². The van der Waals surface area contributed by atoms with Crippen LogP contribution in [0.4, 0.5) is 0 Å². The van der Waals surface area contributed by atoms with Crippen LogP contribution in [0.5, 0.6) is 0 Å². The van der Waals surface area contributed by atoms with Crippen molar-refractivity contribution in [2.24, 2.45) is 5.92 Å². The molecule has 1 aliphatic carbocycles. The molecule has 0 aromatic heterocycles. The molecule has 0 radical (unpaired) electrons. The lowest BCUT2D eigenvalue weighted by Crippen LogP contribution is -2.36. The highest BCUT2D eigenvalue weighted by Gasteiger charge is 2.20. The molecule has 4 heteroatoms. The molecule has 0 aliphatic heterocycles. The molecule has 1 rings (SSSR count). The second-order valence-electron chi connectivity index (χ2n) is 3.79. The van der Waals surface area contributed by atoms with E-state index in [1.807, 2.05) is 0 Å². The molecule has 76 valence electrons. The summed E-state index contributed by atoms with van der Waals surface area (Å²) in [5.41, 5.74) is 0. The van der Waals surface area contributed by atoms with E-state index in [0.29, 0.717) is 0 Å². The van der Waals surface area contributed by atoms with Crippen LogP contribution >= 0.6 is 0 Å². The van der Waals surface area contributed by atoms with Crippen molar-refractivity contribution < 1.29 is 8.42 Å². The molecule has 13 heavy (non-hydrogen) atoms. The molecular weight excluding hydrogens is 186 g/mol. The summed E-state index contributed by atoms with van der Waals surface area (Å²) >= 11 is 0. The molecule has 0 saturated heterocycles. The SMILES string of the molecule is C=CS(=O)(=O)N[C@H]1CC[C@@H](C)CC1. The highest BCUT2D eigenvalue weighted by molar-refractivity contribution is 7.92. The molecule has 0 amide bonds. The first-order valence-corrected chi connectivity index (χ1v) is 6.23. The van der Waals surface area contributed by atoms with Crippen LogP contribution < -0.4 is 4.72 Å². The largest absolute Gasteiger partial charge is 0.233 e. The Bertz CT molecular complexity index is 263. The predicted octanol–water partition coefficient (Wildman–Crippen LogP) is 1.63. The number of hydrogen-bond donors (Lipinski definition) is 1. The Balaban J connectivity index is 2.43. The van der Waals surface area contributed by atoms with Gasteiger partial charge in [0.05, 0.1) is 0 Å². The molecule has 0 bridgehead atoms. The first-order valence-electron chi connectivity index (χ1n) is 4.68. The Kier molecular flexibility index (Phi) is 3.50. The summed E-state index contributed by atoms with van der Waals surface area (Å²) in [7, 11) is -3.22. The molecule has 1 aliphatic rings. The molecule has 0 aromatic carbocycles. The van der Waals surface area contributed by atoms with Gasteiger partial charge in [-0.2, -0.15) is 0 Å². The van der Waals surface area contributed by atoms with E-state index in [1.165, 1.54) is 0 Å². The van der Waals surface area contributed by atoms with Crippen LogP contribution in [-0.2, 0) is 10.0 Å². The zero-order valence-electron chi connectivity index (χ0n) is 7.99. The average Bonchev–Trinajstić information content (AvgIpc) is 2.09. The van der Waals surface area contributed by atoms with Gasteiger partial charge in [-0.25, -0.2) is 13.1 Å². The van der Waals surface area contributed by atoms with E-state index >= 15 is 0 Å². The molecule has 0 atom stereocenters. The zero-order valence-corrected chi connectivity index (χ0v) is 8.81. The zero-order chi connectivity index (χ0) is 9.90. The molecule has 1 N–H and O–H groups in total. The van der Waals surface area contributed by atoms with E-state index in [-0.39, 0.29) is 6.04 Å². The van der Waals surface area contributed by atoms with E-state index in [9.17, 15) is 8.42 Å². The smallest absolute Gasteiger partial charge is 0.209 e. The molecule has 0 unspecified atom stereocenters. The number of sulfonamides is 1. The molecule has 1 saturated carbocycles. The minimum Gasteiger partial charge on any atom is -0.209 e. The van der Waals surface area contributed by atoms with Crippen LogP contribution in [0.2, 0.25) is 0 Å². The van der Waals surface area contributed by atoms with Crippen molar-refractivity contribution in [2.45, 2.75) is 38.6 Å². The van der Waals surface area contributed by atoms with Gasteiger partial charge in [0.15, 0.2) is 0 Å². The second kappa shape index (κ2) is 4.24. The second-order valence-corrected chi connectivity index (χ2v) is 5.45. The topological polar surface area (TPSA) is 46.2 Å². The standard InChI is InChI=1S/C9H17NO2S/c1-3-13(11,12)10-9-6-4-8(2)5-7-9/h3,8-10H,1,4-7H2,2H3/t8-,9+. The maximum Gasteiger partial charge on any atom is 0.233 e. The summed E-state index contributed by atoms with van der Waals surface area (Å²) in [6, 6.07) is 0.124. The normalized spacial score (nSPS) is 29.9. The van der Waals surface area contributed by atoms with E-state index in [1.54, 1.807) is 0 Å². The summed E-state index contributed by atoms with van der Waals surface area (Å²) < 4.78 is 24.9. The van der Waals surface area contributed by atoms with Crippen molar-refractivity contribution >= 4 is 10.0 Å². The quantitative estimate of drug-likeness (QED) is 0.757. The first kappa shape index (κ1) is 10.7. The van der Waals surface area contributed by atoms with Gasteiger partial charge < -0.3 is 0 Å². The lowest BCUT2D eigenvalue weighted by molar-refractivity contribution is 0.332. The van der Waals surface area contributed by atoms with Gasteiger partial charge in [-0.15, -0.1) is 0 Å². The Morgan fingerprint density at radius 2 is 1.85 bits per heavy atom. The van der Waals surface area contributed by atoms with Gasteiger partial charge in [-0.05, 0) is 31.6 Å². The predicted molar refractivity (Wildman–Crippen MR) is 53.7 cm³/mol. The van der Waals surface area contributed by atoms with Crippen LogP contribution in [0.3, 0.4) is 0 Å². The minimum atomic E-state index is -3.22. The molecule has 0 aromatic rings. The van der Waals surface area contributed by atoms with Crippen LogP contribution in [0.25, 0.3) is 0 Å². The van der Waals surface area contributed by atoms with E-state index < -0.39 is 10.0 Å². The lowest BCUT2D eigenvalue weighted by atomic mass is 9.88. The van der Waals surface area contributed by atoms with Gasteiger partial charge >= 0.3 is 0 Å². The third-order valence-corrected chi connectivity index (χ3v) is 3.67. The van der Waals surface area contributed by atoms with Gasteiger partial charge in [0.1, 0.15) is 0 Å². The highest BCUT2D eigenvalue weighted by Crippen LogP contribution is 2.23.